The highest BCUT2D eigenvalue weighted by molar-refractivity contribution is 5.85. The molecule has 0 spiro atoms. The minimum Gasteiger partial charge on any atom is -0.465 e. The van der Waals surface area contributed by atoms with E-state index in [9.17, 15) is 4.79 Å². The zero-order chi connectivity index (χ0) is 10.9. The Labute approximate surface area is 88.8 Å². The van der Waals surface area contributed by atoms with Crippen molar-refractivity contribution in [3.8, 4) is 0 Å². The summed E-state index contributed by atoms with van der Waals surface area (Å²) in [6, 6.07) is 3.76. The van der Waals surface area contributed by atoms with Gasteiger partial charge in [0.15, 0.2) is 0 Å². The third-order valence-electron chi connectivity index (χ3n) is 2.95. The van der Waals surface area contributed by atoms with Gasteiger partial charge in [0.25, 0.3) is 0 Å². The highest BCUT2D eigenvalue weighted by Gasteiger charge is 2.48. The third-order valence-corrected chi connectivity index (χ3v) is 2.95. The van der Waals surface area contributed by atoms with E-state index in [0.717, 1.165) is 24.4 Å². The number of amides is 1. The van der Waals surface area contributed by atoms with Crippen LogP contribution < -0.4 is 11.1 Å². The van der Waals surface area contributed by atoms with Gasteiger partial charge in [-0.1, -0.05) is 0 Å². The molecule has 0 aromatic carbocycles. The topological polar surface area (TPSA) is 68.3 Å². The maximum absolute atomic E-state index is 11.7. The monoisotopic (exact) mass is 208 g/mol. The van der Waals surface area contributed by atoms with Gasteiger partial charge < -0.3 is 15.5 Å². The third kappa shape index (κ3) is 2.04. The van der Waals surface area contributed by atoms with E-state index in [0.29, 0.717) is 13.1 Å². The van der Waals surface area contributed by atoms with Crippen LogP contribution in [0.2, 0.25) is 0 Å². The van der Waals surface area contributed by atoms with Crippen LogP contribution in [0.5, 0.6) is 0 Å². The molecule has 0 unspecified atom stereocenters. The first kappa shape index (κ1) is 10.2. The molecule has 0 atom stereocenters. The number of aryl methyl sites for hydroxylation is 1. The quantitative estimate of drug-likeness (QED) is 0.773. The Morgan fingerprint density at radius 3 is 2.80 bits per heavy atom. The number of nitrogens with one attached hydrogen (secondary N) is 1. The number of nitrogens with two attached hydrogens (primary N) is 1. The normalized spacial score (nSPS) is 17.5. The summed E-state index contributed by atoms with van der Waals surface area (Å²) < 4.78 is 5.35. The number of hydrogen-bond acceptors (Lipinski definition) is 3. The SMILES string of the molecule is Cc1ccc(CNC(=O)C2(CN)CC2)o1. The fourth-order valence-corrected chi connectivity index (χ4v) is 1.61. The fourth-order valence-electron chi connectivity index (χ4n) is 1.61. The summed E-state index contributed by atoms with van der Waals surface area (Å²) in [5.74, 6) is 1.70. The van der Waals surface area contributed by atoms with Gasteiger partial charge in [-0.05, 0) is 31.9 Å². The average Bonchev–Trinajstić information content (AvgIpc) is 2.93. The van der Waals surface area contributed by atoms with Crippen LogP contribution in [0.4, 0.5) is 0 Å². The first-order valence-electron chi connectivity index (χ1n) is 5.20. The molecule has 1 heterocycles. The van der Waals surface area contributed by atoms with E-state index in [2.05, 4.69) is 5.32 Å². The van der Waals surface area contributed by atoms with Gasteiger partial charge in [-0.3, -0.25) is 4.79 Å². The molecule has 3 N–H and O–H groups in total. The number of hydrogen-bond donors (Lipinski definition) is 2. The summed E-state index contributed by atoms with van der Waals surface area (Å²) in [6.07, 6.45) is 1.82. The molecule has 1 saturated carbocycles. The molecule has 1 aliphatic rings. The van der Waals surface area contributed by atoms with Crippen molar-refractivity contribution in [2.24, 2.45) is 11.1 Å². The Morgan fingerprint density at radius 1 is 1.60 bits per heavy atom. The van der Waals surface area contributed by atoms with E-state index in [1.807, 2.05) is 19.1 Å². The van der Waals surface area contributed by atoms with Gasteiger partial charge in [0.05, 0.1) is 12.0 Å². The first-order valence-corrected chi connectivity index (χ1v) is 5.20. The lowest BCUT2D eigenvalue weighted by Crippen LogP contribution is -2.36. The Kier molecular flexibility index (Phi) is 2.52. The fraction of sp³-hybridized carbons (Fsp3) is 0.545. The smallest absolute Gasteiger partial charge is 0.227 e. The molecular formula is C11H16N2O2. The second-order valence-corrected chi connectivity index (χ2v) is 4.18. The Bertz CT molecular complexity index is 366. The standard InChI is InChI=1S/C11H16N2O2/c1-8-2-3-9(15-8)6-13-10(14)11(7-12)4-5-11/h2-3H,4-7,12H2,1H3,(H,13,14). The van der Waals surface area contributed by atoms with Crippen molar-refractivity contribution in [2.45, 2.75) is 26.3 Å². The van der Waals surface area contributed by atoms with Gasteiger partial charge in [-0.15, -0.1) is 0 Å². The van der Waals surface area contributed by atoms with Crippen molar-refractivity contribution in [3.05, 3.63) is 23.7 Å². The summed E-state index contributed by atoms with van der Waals surface area (Å²) in [5.41, 5.74) is 5.28. The predicted molar refractivity (Wildman–Crippen MR) is 56.0 cm³/mol. The van der Waals surface area contributed by atoms with Crippen LogP contribution in [-0.4, -0.2) is 12.5 Å². The number of carbonyl (C=O) groups is 1. The average molecular weight is 208 g/mol. The molecule has 4 nitrogen and oxygen atoms in total. The van der Waals surface area contributed by atoms with Gasteiger partial charge in [0, 0.05) is 6.54 Å². The maximum Gasteiger partial charge on any atom is 0.227 e. The van der Waals surface area contributed by atoms with E-state index >= 15 is 0 Å². The van der Waals surface area contributed by atoms with Crippen molar-refractivity contribution in [2.75, 3.05) is 6.54 Å². The number of rotatable bonds is 4. The molecule has 1 fully saturated rings. The van der Waals surface area contributed by atoms with Crippen LogP contribution in [-0.2, 0) is 11.3 Å². The highest BCUT2D eigenvalue weighted by Crippen LogP contribution is 2.44. The molecule has 15 heavy (non-hydrogen) atoms. The summed E-state index contributed by atoms with van der Waals surface area (Å²) in [7, 11) is 0. The molecule has 0 bridgehead atoms. The molecule has 1 aromatic rings. The predicted octanol–water partition coefficient (Wildman–Crippen LogP) is 0.943. The first-order chi connectivity index (χ1) is 7.16. The van der Waals surface area contributed by atoms with E-state index < -0.39 is 0 Å². The molecule has 1 aromatic heterocycles. The van der Waals surface area contributed by atoms with Crippen molar-refractivity contribution in [1.82, 2.24) is 5.32 Å². The Morgan fingerprint density at radius 2 is 2.33 bits per heavy atom. The van der Waals surface area contributed by atoms with Crippen molar-refractivity contribution in [3.63, 3.8) is 0 Å². The van der Waals surface area contributed by atoms with Crippen LogP contribution in [0.25, 0.3) is 0 Å². The lowest BCUT2D eigenvalue weighted by Gasteiger charge is -2.11. The summed E-state index contributed by atoms with van der Waals surface area (Å²) in [5, 5.41) is 2.85. The van der Waals surface area contributed by atoms with Crippen molar-refractivity contribution < 1.29 is 9.21 Å². The molecule has 4 heteroatoms. The van der Waals surface area contributed by atoms with Gasteiger partial charge in [-0.2, -0.15) is 0 Å². The van der Waals surface area contributed by atoms with Crippen LogP contribution in [0, 0.1) is 12.3 Å². The zero-order valence-corrected chi connectivity index (χ0v) is 8.88. The highest BCUT2D eigenvalue weighted by atomic mass is 16.3. The van der Waals surface area contributed by atoms with Gasteiger partial charge in [-0.25, -0.2) is 0 Å². The molecule has 82 valence electrons. The minimum atomic E-state index is -0.276. The minimum absolute atomic E-state index is 0.0547. The molecule has 0 aliphatic heterocycles. The van der Waals surface area contributed by atoms with Crippen molar-refractivity contribution in [1.29, 1.82) is 0 Å². The molecule has 1 amide bonds. The van der Waals surface area contributed by atoms with E-state index in [4.69, 9.17) is 10.2 Å². The lowest BCUT2D eigenvalue weighted by atomic mass is 10.1. The van der Waals surface area contributed by atoms with Gasteiger partial charge >= 0.3 is 0 Å². The Hall–Kier alpha value is -1.29. The van der Waals surface area contributed by atoms with Gasteiger partial charge in [0.2, 0.25) is 5.91 Å². The Balaban J connectivity index is 1.86. The molecule has 0 radical (unpaired) electrons. The number of furan rings is 1. The van der Waals surface area contributed by atoms with Crippen molar-refractivity contribution >= 4 is 5.91 Å². The molecule has 1 aliphatic carbocycles. The number of carbonyl (C=O) groups excluding carboxylic acids is 1. The molecular weight excluding hydrogens is 192 g/mol. The van der Waals surface area contributed by atoms with E-state index in [1.165, 1.54) is 0 Å². The molecule has 0 saturated heterocycles. The van der Waals surface area contributed by atoms with E-state index in [1.54, 1.807) is 0 Å². The second-order valence-electron chi connectivity index (χ2n) is 4.18. The maximum atomic E-state index is 11.7. The zero-order valence-electron chi connectivity index (χ0n) is 8.88. The van der Waals surface area contributed by atoms with Gasteiger partial charge in [0.1, 0.15) is 11.5 Å². The van der Waals surface area contributed by atoms with Crippen LogP contribution in [0.3, 0.4) is 0 Å². The largest absolute Gasteiger partial charge is 0.465 e. The lowest BCUT2D eigenvalue weighted by molar-refractivity contribution is -0.126. The second kappa shape index (κ2) is 3.70. The summed E-state index contributed by atoms with van der Waals surface area (Å²) in [6.45, 7) is 2.78. The molecule has 2 rings (SSSR count). The van der Waals surface area contributed by atoms with Crippen LogP contribution in [0.15, 0.2) is 16.5 Å². The van der Waals surface area contributed by atoms with E-state index in [-0.39, 0.29) is 11.3 Å². The van der Waals surface area contributed by atoms with Crippen LogP contribution in [0.1, 0.15) is 24.4 Å². The summed E-state index contributed by atoms with van der Waals surface area (Å²) in [4.78, 5) is 11.7. The summed E-state index contributed by atoms with van der Waals surface area (Å²) >= 11 is 0. The van der Waals surface area contributed by atoms with Crippen LogP contribution >= 0.6 is 0 Å².